The van der Waals surface area contributed by atoms with Crippen LogP contribution in [0.1, 0.15) is 117 Å². The number of piperazine rings is 2. The highest BCUT2D eigenvalue weighted by molar-refractivity contribution is 7.62. The Hall–Kier alpha value is -12.9. The first-order valence-electron chi connectivity index (χ1n) is 37.9. The number of aromatic nitrogens is 10. The quantitative estimate of drug-likeness (QED) is 0.00898. The topological polar surface area (TPSA) is 347 Å². The number of hydrogen-bond donors (Lipinski definition) is 7. The second-order valence-corrected chi connectivity index (χ2v) is 39.1. The van der Waals surface area contributed by atoms with E-state index in [1.54, 1.807) is 62.3 Å². The summed E-state index contributed by atoms with van der Waals surface area (Å²) in [6.45, 7) is 27.4. The summed E-state index contributed by atoms with van der Waals surface area (Å²) in [5.41, 5.74) is 23.6. The summed E-state index contributed by atoms with van der Waals surface area (Å²) in [6.07, 6.45) is 8.90. The van der Waals surface area contributed by atoms with Gasteiger partial charge in [-0.05, 0) is 173 Å². The minimum Gasteiger partial charge on any atom is -0.369 e. The van der Waals surface area contributed by atoms with Crippen molar-refractivity contribution < 1.29 is 32.1 Å². The number of nitrogen functional groups attached to an aromatic ring is 1. The van der Waals surface area contributed by atoms with Crippen molar-refractivity contribution >= 4 is 95.7 Å². The standard InChI is InChI=1S/C31H30N6OSi.C28H32ClN6O2P.C28H27F3N10O/c1-21-10-12-24(14-23(21)11-13-25-17-32-28-8-6-7-9-29(28)34-25)36-31(38)30-16-27(39(3,4)5)15-26(35-30)19-37-18-22(2)33-20-37;1-20-4-9-25(14-22(20)6-5-21-16-31-28(30)32-17-21)33-27(36)23-7-8-24(26(29)15-23)18-34-10-12-35(13-11-34)19-38(2,3)37;1-17-3-4-21(11-20(17)5-6-22-12-36-25(13-35-22)40-27(33)37-16-32)26(42)39-24-10-19(9-23(38-24)28(29,30)31)15-41-8-7-34-18(2)14-41/h6-10,12,14-18,20H,19H2,1-5H3,(H,36,38);4,7-9,14-17H,10-13,18-19H2,1-3H3,(H,33,36)(H2,30,31,32);3-4,9-13,18,34H,7-8,14-15H2,1-2H3,(H,38,39,42)(H3,33,36,37,40). The van der Waals surface area contributed by atoms with Crippen LogP contribution in [0.15, 0.2) is 170 Å². The van der Waals surface area contributed by atoms with Crippen molar-refractivity contribution in [1.82, 2.24) is 74.8 Å². The number of fused-ring (bicyclic) bond motifs is 1. The van der Waals surface area contributed by atoms with E-state index < -0.39 is 33.0 Å². The van der Waals surface area contributed by atoms with E-state index in [0.717, 1.165) is 94.6 Å². The Morgan fingerprint density at radius 2 is 1.27 bits per heavy atom. The van der Waals surface area contributed by atoms with Gasteiger partial charge in [0.25, 0.3) is 17.7 Å². The minimum atomic E-state index is -4.67. The van der Waals surface area contributed by atoms with Gasteiger partial charge in [-0.2, -0.15) is 23.4 Å². The first-order valence-corrected chi connectivity index (χ1v) is 44.6. The highest BCUT2D eigenvalue weighted by atomic mass is 35.5. The van der Waals surface area contributed by atoms with E-state index in [9.17, 15) is 32.1 Å². The van der Waals surface area contributed by atoms with Gasteiger partial charge in [0.05, 0.1) is 80.9 Å². The Morgan fingerprint density at radius 1 is 0.647 bits per heavy atom. The molecule has 1 atom stereocenters. The smallest absolute Gasteiger partial charge is 0.369 e. The molecule has 3 amide bonds. The third kappa shape index (κ3) is 26.1. The monoisotopic (exact) mass is 1660 g/mol. The molecule has 13 rings (SSSR count). The van der Waals surface area contributed by atoms with E-state index >= 15 is 0 Å². The molecule has 119 heavy (non-hydrogen) atoms. The molecule has 32 heteroatoms. The van der Waals surface area contributed by atoms with E-state index in [1.165, 1.54) is 29.7 Å². The molecule has 2 aliphatic heterocycles. The van der Waals surface area contributed by atoms with Gasteiger partial charge in [0, 0.05) is 128 Å². The van der Waals surface area contributed by atoms with Gasteiger partial charge in [-0.3, -0.25) is 39.4 Å². The molecular weight excluding hydrogens is 1570 g/mol. The first kappa shape index (κ1) is 87.0. The number of anilines is 4. The number of carbonyl (C=O) groups is 3. The molecule has 0 aliphatic carbocycles. The molecule has 9 N–H and O–H groups in total. The normalized spacial score (nSPS) is 13.9. The number of hydrogen-bond acceptors (Lipinski definition) is 20. The van der Waals surface area contributed by atoms with Crippen molar-refractivity contribution in [2.75, 3.05) is 87.1 Å². The number of nitriles is 1. The number of nitrogens with zero attached hydrogens (tertiary/aromatic N) is 15. The van der Waals surface area contributed by atoms with E-state index in [0.29, 0.717) is 94.7 Å². The van der Waals surface area contributed by atoms with Crippen LogP contribution in [0.25, 0.3) is 11.0 Å². The zero-order chi connectivity index (χ0) is 85.1. The van der Waals surface area contributed by atoms with Crippen LogP contribution in [-0.2, 0) is 30.4 Å². The summed E-state index contributed by atoms with van der Waals surface area (Å²) >= 11 is 6.58. The molecule has 8 heterocycles. The Labute approximate surface area is 694 Å². The molecule has 1 unspecified atom stereocenters. The maximum absolute atomic E-state index is 13.6. The van der Waals surface area contributed by atoms with Crippen molar-refractivity contribution in [3.8, 4) is 41.7 Å². The number of aliphatic imine (C=N–C) groups is 1. The van der Waals surface area contributed by atoms with Gasteiger partial charge in [0.2, 0.25) is 11.9 Å². The lowest BCUT2D eigenvalue weighted by Crippen LogP contribution is -2.48. The van der Waals surface area contributed by atoms with E-state index in [-0.39, 0.29) is 47.0 Å². The summed E-state index contributed by atoms with van der Waals surface area (Å²) in [6, 6.07) is 36.0. The van der Waals surface area contributed by atoms with Crippen LogP contribution in [0.5, 0.6) is 0 Å². The molecule has 6 aromatic heterocycles. The van der Waals surface area contributed by atoms with Gasteiger partial charge in [0.15, 0.2) is 12.0 Å². The number of imidazole rings is 1. The lowest BCUT2D eigenvalue weighted by atomic mass is 10.0. The Bertz CT molecular complexity index is 5910. The first-order chi connectivity index (χ1) is 56.7. The molecule has 608 valence electrons. The molecule has 5 aromatic carbocycles. The van der Waals surface area contributed by atoms with Gasteiger partial charge in [-0.25, -0.2) is 39.9 Å². The van der Waals surface area contributed by atoms with Gasteiger partial charge in [-0.1, -0.05) is 96.5 Å². The number of rotatable bonds is 16. The lowest BCUT2D eigenvalue weighted by molar-refractivity contribution is -0.141. The maximum atomic E-state index is 13.6. The second kappa shape index (κ2) is 39.4. The number of nitrogens with two attached hydrogens (primary N) is 2. The number of pyridine rings is 2. The van der Waals surface area contributed by atoms with Crippen molar-refractivity contribution in [2.45, 2.75) is 86.1 Å². The average molecular weight is 1660 g/mol. The number of para-hydroxylation sites is 2. The fourth-order valence-electron chi connectivity index (χ4n) is 12.5. The predicted octanol–water partition coefficient (Wildman–Crippen LogP) is 12.1. The SMILES string of the molecule is Cc1ccc(C(=O)Nc2cc(CN3CCNC(C)C3)cc(C(F)(F)F)n2)cc1C#Cc1cnc(N=C(N)NC#N)cn1.Cc1ccc(NC(=O)c2ccc(CN3CCN(CP(C)(C)=O)CC3)c(Cl)c2)cc1C#Cc1cnc(N)nc1.Cc1cn(Cc2cc([Si](C)(C)C)cc(C(=O)Nc3ccc(C)c(C#Cc4cnc5ccccc5n4)c3)n2)cn1. The number of nitrogens with one attached hydrogen (secondary N) is 5. The van der Waals surface area contributed by atoms with Crippen molar-refractivity contribution in [3.63, 3.8) is 0 Å². The second-order valence-electron chi connectivity index (χ2n) is 30.2. The van der Waals surface area contributed by atoms with Crippen LogP contribution < -0.4 is 43.2 Å². The zero-order valence-corrected chi connectivity index (χ0v) is 70.0. The fourth-order valence-corrected chi connectivity index (χ4v) is 15.2. The average Bonchev–Trinajstić information content (AvgIpc) is 1.79. The van der Waals surface area contributed by atoms with Gasteiger partial charge < -0.3 is 41.9 Å². The number of amides is 3. The van der Waals surface area contributed by atoms with E-state index in [4.69, 9.17) is 33.3 Å². The van der Waals surface area contributed by atoms with Crippen LogP contribution in [0.4, 0.5) is 42.1 Å². The number of guanidine groups is 1. The lowest BCUT2D eigenvalue weighted by Gasteiger charge is -2.35. The molecule has 0 saturated carbocycles. The molecule has 0 spiro atoms. The van der Waals surface area contributed by atoms with Crippen molar-refractivity contribution in [2.24, 2.45) is 10.7 Å². The third-order valence-electron chi connectivity index (χ3n) is 18.7. The molecule has 0 bridgehead atoms. The van der Waals surface area contributed by atoms with Crippen LogP contribution in [0.2, 0.25) is 24.7 Å². The minimum absolute atomic E-state index is 0.137. The fraction of sp³-hybridized carbons (Fsp3) is 0.264. The molecule has 2 aliphatic rings. The number of alkyl halides is 3. The molecular formula is C87H89ClF3N22O4PSi. The molecule has 2 saturated heterocycles. The highest BCUT2D eigenvalue weighted by Crippen LogP contribution is 2.37. The number of benzene rings is 5. The van der Waals surface area contributed by atoms with E-state index in [2.05, 4.69) is 147 Å². The van der Waals surface area contributed by atoms with E-state index in [1.807, 2.05) is 125 Å². The molecule has 11 aromatic rings. The Balaban J connectivity index is 0.000000175. The predicted molar refractivity (Wildman–Crippen MR) is 461 cm³/mol. The Morgan fingerprint density at radius 3 is 1.90 bits per heavy atom. The van der Waals surface area contributed by atoms with Crippen LogP contribution in [0.3, 0.4) is 0 Å². The number of aryl methyl sites for hydroxylation is 4. The van der Waals surface area contributed by atoms with Crippen LogP contribution >= 0.6 is 18.7 Å². The maximum Gasteiger partial charge on any atom is 0.433 e. The summed E-state index contributed by atoms with van der Waals surface area (Å²) < 4.78 is 55.0. The van der Waals surface area contributed by atoms with Crippen LogP contribution in [-0.4, -0.2) is 167 Å². The van der Waals surface area contributed by atoms with Gasteiger partial charge >= 0.3 is 6.18 Å². The largest absolute Gasteiger partial charge is 0.433 e. The van der Waals surface area contributed by atoms with Gasteiger partial charge in [-0.15, -0.1) is 0 Å². The summed E-state index contributed by atoms with van der Waals surface area (Å²) in [5.74, 6) is 17.1. The summed E-state index contributed by atoms with van der Waals surface area (Å²) in [5, 5.41) is 24.2. The molecule has 26 nitrogen and oxygen atoms in total. The van der Waals surface area contributed by atoms with Gasteiger partial charge in [0.1, 0.15) is 28.6 Å². The third-order valence-corrected chi connectivity index (χ3v) is 22.2. The number of carbonyl (C=O) groups excluding carboxylic acids is 3. The summed E-state index contributed by atoms with van der Waals surface area (Å²) in [4.78, 5) is 87.7. The number of halogens is 4. The summed E-state index contributed by atoms with van der Waals surface area (Å²) in [7, 11) is -3.76. The highest BCUT2D eigenvalue weighted by Gasteiger charge is 2.34. The Kier molecular flexibility index (Phi) is 28.8. The van der Waals surface area contributed by atoms with Crippen molar-refractivity contribution in [1.29, 1.82) is 5.26 Å². The van der Waals surface area contributed by atoms with Crippen molar-refractivity contribution in [3.05, 3.63) is 265 Å². The molecule has 2 fully saturated rings. The molecule has 0 radical (unpaired) electrons. The van der Waals surface area contributed by atoms with Crippen LogP contribution in [0, 0.1) is 74.7 Å². The zero-order valence-electron chi connectivity index (χ0n) is 67.4.